The topological polar surface area (TPSA) is 81.3 Å². The maximum atomic E-state index is 13.3. The van der Waals surface area contributed by atoms with Gasteiger partial charge in [-0.05, 0) is 42.5 Å². The zero-order valence-corrected chi connectivity index (χ0v) is 16.4. The zero-order valence-electron chi connectivity index (χ0n) is 16.4. The van der Waals surface area contributed by atoms with Gasteiger partial charge in [0.25, 0.3) is 11.5 Å². The van der Waals surface area contributed by atoms with Gasteiger partial charge in [-0.25, -0.2) is 14.5 Å². The van der Waals surface area contributed by atoms with Crippen LogP contribution in [0.3, 0.4) is 0 Å². The van der Waals surface area contributed by atoms with Crippen molar-refractivity contribution >= 4 is 12.1 Å². The highest BCUT2D eigenvalue weighted by Gasteiger charge is 2.11. The maximum Gasteiger partial charge on any atom is 0.260 e. The maximum absolute atomic E-state index is 13.3. The van der Waals surface area contributed by atoms with Gasteiger partial charge in [-0.15, -0.1) is 0 Å². The average Bonchev–Trinajstić information content (AvgIpc) is 3.21. The smallest absolute Gasteiger partial charge is 0.260 e. The van der Waals surface area contributed by atoms with Crippen LogP contribution in [0.25, 0.3) is 16.9 Å². The van der Waals surface area contributed by atoms with E-state index in [0.717, 1.165) is 5.69 Å². The summed E-state index contributed by atoms with van der Waals surface area (Å²) >= 11 is 0. The molecule has 4 aromatic rings. The monoisotopic (exact) mass is 415 g/mol. The molecule has 0 aliphatic rings. The molecule has 0 saturated heterocycles. The van der Waals surface area contributed by atoms with Crippen LogP contribution in [0.4, 0.5) is 4.39 Å². The highest BCUT2D eigenvalue weighted by Crippen LogP contribution is 2.23. The molecule has 0 bridgehead atoms. The quantitative estimate of drug-likeness (QED) is 0.388. The molecule has 0 saturated carbocycles. The normalized spacial score (nSPS) is 11.0. The molecule has 7 nitrogen and oxygen atoms in total. The Hall–Kier alpha value is -4.33. The fourth-order valence-electron chi connectivity index (χ4n) is 2.98. The number of hydrazone groups is 1. The van der Waals surface area contributed by atoms with Gasteiger partial charge in [-0.3, -0.25) is 9.59 Å². The standard InChI is InChI=1S/C23H18FN5O2/c24-19-11-9-17(10-12-19)23-18(15-29(27-23)20-6-2-1-3-7-20)14-25-26-21(30)16-28-13-5-4-8-22(28)31/h1-15H,16H2,(H,26,30)/b25-14-. The number of hydrogen-bond acceptors (Lipinski definition) is 4. The molecule has 0 radical (unpaired) electrons. The zero-order chi connectivity index (χ0) is 21.6. The summed E-state index contributed by atoms with van der Waals surface area (Å²) in [7, 11) is 0. The Morgan fingerprint density at radius 3 is 2.52 bits per heavy atom. The van der Waals surface area contributed by atoms with E-state index in [0.29, 0.717) is 16.8 Å². The molecule has 1 amide bonds. The minimum absolute atomic E-state index is 0.148. The van der Waals surface area contributed by atoms with Gasteiger partial charge in [0.2, 0.25) is 0 Å². The molecule has 0 aliphatic carbocycles. The number of para-hydroxylation sites is 1. The molecule has 154 valence electrons. The van der Waals surface area contributed by atoms with E-state index in [-0.39, 0.29) is 17.9 Å². The molecule has 0 atom stereocenters. The largest absolute Gasteiger partial charge is 0.306 e. The van der Waals surface area contributed by atoms with Crippen LogP contribution in [-0.2, 0) is 11.3 Å². The second kappa shape index (κ2) is 9.00. The number of amides is 1. The fourth-order valence-corrected chi connectivity index (χ4v) is 2.98. The van der Waals surface area contributed by atoms with Crippen molar-refractivity contribution in [3.63, 3.8) is 0 Å². The second-order valence-electron chi connectivity index (χ2n) is 6.68. The second-order valence-corrected chi connectivity index (χ2v) is 6.68. The van der Waals surface area contributed by atoms with Crippen LogP contribution in [0.1, 0.15) is 5.56 Å². The summed E-state index contributed by atoms with van der Waals surface area (Å²) in [6.07, 6.45) is 4.77. The fraction of sp³-hybridized carbons (Fsp3) is 0.0435. The number of aromatic nitrogens is 3. The van der Waals surface area contributed by atoms with E-state index >= 15 is 0 Å². The molecule has 0 spiro atoms. The van der Waals surface area contributed by atoms with Gasteiger partial charge < -0.3 is 4.57 Å². The van der Waals surface area contributed by atoms with E-state index in [1.165, 1.54) is 35.2 Å². The number of nitrogens with one attached hydrogen (secondary N) is 1. The highest BCUT2D eigenvalue weighted by atomic mass is 19.1. The van der Waals surface area contributed by atoms with Crippen LogP contribution in [0.2, 0.25) is 0 Å². The van der Waals surface area contributed by atoms with Crippen molar-refractivity contribution in [2.45, 2.75) is 6.54 Å². The van der Waals surface area contributed by atoms with Crippen molar-refractivity contribution in [3.8, 4) is 16.9 Å². The third kappa shape index (κ3) is 4.81. The summed E-state index contributed by atoms with van der Waals surface area (Å²) in [5.74, 6) is -0.784. The van der Waals surface area contributed by atoms with Crippen molar-refractivity contribution in [1.29, 1.82) is 0 Å². The van der Waals surface area contributed by atoms with Crippen LogP contribution in [0.15, 0.2) is 95.1 Å². The van der Waals surface area contributed by atoms with Crippen LogP contribution >= 0.6 is 0 Å². The van der Waals surface area contributed by atoms with Crippen molar-refractivity contribution in [2.24, 2.45) is 5.10 Å². The van der Waals surface area contributed by atoms with Gasteiger partial charge in [0.05, 0.1) is 11.9 Å². The summed E-state index contributed by atoms with van der Waals surface area (Å²) < 4.78 is 16.3. The first kappa shape index (κ1) is 20.0. The van der Waals surface area contributed by atoms with Gasteiger partial charge in [0, 0.05) is 29.6 Å². The molecule has 0 fully saturated rings. The first-order valence-electron chi connectivity index (χ1n) is 9.48. The lowest BCUT2D eigenvalue weighted by Crippen LogP contribution is -2.28. The molecule has 0 aliphatic heterocycles. The van der Waals surface area contributed by atoms with Crippen LogP contribution in [-0.4, -0.2) is 26.5 Å². The Morgan fingerprint density at radius 2 is 1.77 bits per heavy atom. The summed E-state index contributed by atoms with van der Waals surface area (Å²) in [5.41, 5.74) is 4.91. The number of pyridine rings is 1. The molecule has 2 aromatic carbocycles. The van der Waals surface area contributed by atoms with E-state index in [9.17, 15) is 14.0 Å². The lowest BCUT2D eigenvalue weighted by Gasteiger charge is -2.03. The van der Waals surface area contributed by atoms with Gasteiger partial charge in [0.15, 0.2) is 0 Å². The molecular weight excluding hydrogens is 397 g/mol. The highest BCUT2D eigenvalue weighted by molar-refractivity contribution is 5.89. The number of halogens is 1. The minimum atomic E-state index is -0.441. The molecule has 31 heavy (non-hydrogen) atoms. The predicted molar refractivity (Wildman–Crippen MR) is 115 cm³/mol. The molecule has 2 aromatic heterocycles. The van der Waals surface area contributed by atoms with E-state index in [2.05, 4.69) is 15.6 Å². The lowest BCUT2D eigenvalue weighted by molar-refractivity contribution is -0.121. The molecular formula is C23H18FN5O2. The van der Waals surface area contributed by atoms with Crippen molar-refractivity contribution in [1.82, 2.24) is 19.8 Å². The van der Waals surface area contributed by atoms with E-state index < -0.39 is 5.91 Å². The number of rotatable bonds is 6. The third-order valence-corrected chi connectivity index (χ3v) is 4.49. The summed E-state index contributed by atoms with van der Waals surface area (Å²) in [6, 6.07) is 20.1. The SMILES string of the molecule is O=C(Cn1ccccc1=O)N/N=C\c1cn(-c2ccccc2)nc1-c1ccc(F)cc1. The Morgan fingerprint density at radius 1 is 1.03 bits per heavy atom. The van der Waals surface area contributed by atoms with Gasteiger partial charge in [0.1, 0.15) is 18.1 Å². The molecule has 8 heteroatoms. The lowest BCUT2D eigenvalue weighted by atomic mass is 10.1. The molecule has 1 N–H and O–H groups in total. The van der Waals surface area contributed by atoms with Crippen LogP contribution in [0.5, 0.6) is 0 Å². The number of benzene rings is 2. The summed E-state index contributed by atoms with van der Waals surface area (Å²) in [4.78, 5) is 23.8. The molecule has 0 unspecified atom stereocenters. The third-order valence-electron chi connectivity index (χ3n) is 4.49. The number of nitrogens with zero attached hydrogens (tertiary/aromatic N) is 4. The van der Waals surface area contributed by atoms with Gasteiger partial charge in [-0.2, -0.15) is 10.2 Å². The number of carbonyl (C=O) groups is 1. The Labute approximate surface area is 177 Å². The van der Waals surface area contributed by atoms with Crippen LogP contribution < -0.4 is 11.0 Å². The summed E-state index contributed by atoms with van der Waals surface area (Å²) in [6.45, 7) is -0.148. The van der Waals surface area contributed by atoms with E-state index in [1.54, 1.807) is 35.1 Å². The summed E-state index contributed by atoms with van der Waals surface area (Å²) in [5, 5.41) is 8.61. The minimum Gasteiger partial charge on any atom is -0.306 e. The Balaban J connectivity index is 1.58. The van der Waals surface area contributed by atoms with Crippen molar-refractivity contribution in [2.75, 3.05) is 0 Å². The van der Waals surface area contributed by atoms with Crippen molar-refractivity contribution < 1.29 is 9.18 Å². The Kier molecular flexibility index (Phi) is 5.79. The molecule has 4 rings (SSSR count). The first-order chi connectivity index (χ1) is 15.1. The predicted octanol–water partition coefficient (Wildman–Crippen LogP) is 2.99. The van der Waals surface area contributed by atoms with Crippen molar-refractivity contribution in [3.05, 3.63) is 107 Å². The average molecular weight is 415 g/mol. The Bertz CT molecular complexity index is 1280. The van der Waals surface area contributed by atoms with Crippen LogP contribution in [0, 0.1) is 5.82 Å². The number of hydrogen-bond donors (Lipinski definition) is 1. The first-order valence-corrected chi connectivity index (χ1v) is 9.48. The van der Waals surface area contributed by atoms with Gasteiger partial charge in [-0.1, -0.05) is 24.3 Å². The number of carbonyl (C=O) groups excluding carboxylic acids is 1. The van der Waals surface area contributed by atoms with Gasteiger partial charge >= 0.3 is 0 Å². The van der Waals surface area contributed by atoms with E-state index in [4.69, 9.17) is 0 Å². The molecule has 2 heterocycles. The van der Waals surface area contributed by atoms with E-state index in [1.807, 2.05) is 30.3 Å².